The zero-order valence-corrected chi connectivity index (χ0v) is 12.9. The number of halogens is 2. The maximum Gasteiger partial charge on any atom is 0.125 e. The lowest BCUT2D eigenvalue weighted by Crippen LogP contribution is -1.98. The lowest BCUT2D eigenvalue weighted by atomic mass is 10.0. The molecule has 0 bridgehead atoms. The first kappa shape index (κ1) is 15.0. The second kappa shape index (κ2) is 6.87. The van der Waals surface area contributed by atoms with Gasteiger partial charge in [0.25, 0.3) is 0 Å². The molecule has 2 aromatic rings. The van der Waals surface area contributed by atoms with Gasteiger partial charge in [-0.2, -0.15) is 0 Å². The number of methoxy groups -OCH3 is 1. The minimum Gasteiger partial charge on any atom is -0.496 e. The summed E-state index contributed by atoms with van der Waals surface area (Å²) in [6.45, 7) is 2.60. The van der Waals surface area contributed by atoms with Gasteiger partial charge < -0.3 is 9.47 Å². The monoisotopic (exact) mass is 310 g/mol. The number of hydrogen-bond acceptors (Lipinski definition) is 2. The molecule has 1 unspecified atom stereocenters. The summed E-state index contributed by atoms with van der Waals surface area (Å²) in [6, 6.07) is 13.2. The Morgan fingerprint density at radius 2 is 1.80 bits per heavy atom. The quantitative estimate of drug-likeness (QED) is 0.717. The lowest BCUT2D eigenvalue weighted by Gasteiger charge is -2.15. The van der Waals surface area contributed by atoms with E-state index >= 15 is 0 Å². The maximum absolute atomic E-state index is 6.53. The van der Waals surface area contributed by atoms with Crippen molar-refractivity contribution < 1.29 is 9.47 Å². The molecule has 2 nitrogen and oxygen atoms in total. The van der Waals surface area contributed by atoms with E-state index in [2.05, 4.69) is 0 Å². The molecule has 0 aliphatic rings. The summed E-state index contributed by atoms with van der Waals surface area (Å²) < 4.78 is 10.8. The Morgan fingerprint density at radius 1 is 1.10 bits per heavy atom. The first-order chi connectivity index (χ1) is 9.65. The number of ether oxygens (including phenoxy) is 2. The number of rotatable bonds is 5. The van der Waals surface area contributed by atoms with Crippen molar-refractivity contribution in [1.29, 1.82) is 0 Å². The second-order valence-electron chi connectivity index (χ2n) is 4.25. The molecule has 2 rings (SSSR count). The van der Waals surface area contributed by atoms with Crippen LogP contribution >= 0.6 is 23.2 Å². The van der Waals surface area contributed by atoms with E-state index in [1.165, 1.54) is 0 Å². The zero-order valence-electron chi connectivity index (χ0n) is 11.4. The molecule has 4 heteroatoms. The van der Waals surface area contributed by atoms with Crippen LogP contribution in [0.15, 0.2) is 42.5 Å². The number of benzene rings is 2. The Hall–Kier alpha value is -1.38. The molecule has 1 atom stereocenters. The molecule has 2 aromatic carbocycles. The highest BCUT2D eigenvalue weighted by molar-refractivity contribution is 6.30. The highest BCUT2D eigenvalue weighted by Crippen LogP contribution is 2.36. The molecular weight excluding hydrogens is 295 g/mol. The summed E-state index contributed by atoms with van der Waals surface area (Å²) in [4.78, 5) is 0. The van der Waals surface area contributed by atoms with E-state index in [-0.39, 0.29) is 5.38 Å². The standard InChI is InChI=1S/C16H16Cl2O2/c1-3-20-13-7-4-11(5-8-13)16(18)14-9-6-12(17)10-15(14)19-2/h4-10,16H,3H2,1-2H3. The van der Waals surface area contributed by atoms with Gasteiger partial charge in [0.15, 0.2) is 0 Å². The van der Waals surface area contributed by atoms with E-state index in [1.807, 2.05) is 43.3 Å². The Kier molecular flexibility index (Phi) is 5.16. The van der Waals surface area contributed by atoms with Crippen LogP contribution in [0.2, 0.25) is 5.02 Å². The Labute approximate surface area is 129 Å². The fraction of sp³-hybridized carbons (Fsp3) is 0.250. The van der Waals surface area contributed by atoms with Crippen LogP contribution in [0.1, 0.15) is 23.4 Å². The smallest absolute Gasteiger partial charge is 0.125 e. The first-order valence-electron chi connectivity index (χ1n) is 6.36. The first-order valence-corrected chi connectivity index (χ1v) is 7.17. The van der Waals surface area contributed by atoms with Gasteiger partial charge in [0.05, 0.1) is 19.1 Å². The lowest BCUT2D eigenvalue weighted by molar-refractivity contribution is 0.340. The van der Waals surface area contributed by atoms with E-state index in [0.717, 1.165) is 16.9 Å². The third kappa shape index (κ3) is 3.38. The van der Waals surface area contributed by atoms with Crippen molar-refractivity contribution in [3.8, 4) is 11.5 Å². The van der Waals surface area contributed by atoms with Crippen LogP contribution in [-0.2, 0) is 0 Å². The summed E-state index contributed by atoms with van der Waals surface area (Å²) in [5.41, 5.74) is 1.87. The van der Waals surface area contributed by atoms with Crippen LogP contribution in [0.5, 0.6) is 11.5 Å². The molecule has 0 aromatic heterocycles. The van der Waals surface area contributed by atoms with Gasteiger partial charge in [-0.1, -0.05) is 29.8 Å². The van der Waals surface area contributed by atoms with Crippen molar-refractivity contribution in [3.05, 3.63) is 58.6 Å². The molecule has 0 aliphatic heterocycles. The van der Waals surface area contributed by atoms with Crippen LogP contribution in [0.4, 0.5) is 0 Å². The number of hydrogen-bond donors (Lipinski definition) is 0. The van der Waals surface area contributed by atoms with Crippen molar-refractivity contribution in [1.82, 2.24) is 0 Å². The largest absolute Gasteiger partial charge is 0.496 e. The molecular formula is C16H16Cl2O2. The third-order valence-corrected chi connectivity index (χ3v) is 3.67. The summed E-state index contributed by atoms with van der Waals surface area (Å²) >= 11 is 12.5. The predicted octanol–water partition coefficient (Wildman–Crippen LogP) is 5.08. The summed E-state index contributed by atoms with van der Waals surface area (Å²) in [5.74, 6) is 1.52. The average Bonchev–Trinajstić information content (AvgIpc) is 2.47. The summed E-state index contributed by atoms with van der Waals surface area (Å²) in [6.07, 6.45) is 0. The molecule has 0 spiro atoms. The van der Waals surface area contributed by atoms with Crippen LogP contribution in [0, 0.1) is 0 Å². The van der Waals surface area contributed by atoms with Gasteiger partial charge in [-0.3, -0.25) is 0 Å². The van der Waals surface area contributed by atoms with E-state index in [1.54, 1.807) is 13.2 Å². The molecule has 0 amide bonds. The Bertz CT molecular complexity index is 567. The van der Waals surface area contributed by atoms with Crippen molar-refractivity contribution in [2.75, 3.05) is 13.7 Å². The fourth-order valence-electron chi connectivity index (χ4n) is 1.97. The van der Waals surface area contributed by atoms with Gasteiger partial charge in [0.1, 0.15) is 11.5 Å². The summed E-state index contributed by atoms with van der Waals surface area (Å²) in [5, 5.41) is 0.332. The minimum atomic E-state index is -0.294. The van der Waals surface area contributed by atoms with Crippen molar-refractivity contribution in [2.45, 2.75) is 12.3 Å². The molecule has 0 fully saturated rings. The molecule has 106 valence electrons. The topological polar surface area (TPSA) is 18.5 Å². The molecule has 0 heterocycles. The molecule has 0 saturated carbocycles. The molecule has 0 N–H and O–H groups in total. The van der Waals surface area contributed by atoms with Crippen molar-refractivity contribution in [3.63, 3.8) is 0 Å². The molecule has 0 radical (unpaired) electrons. The number of alkyl halides is 1. The van der Waals surface area contributed by atoms with Gasteiger partial charge >= 0.3 is 0 Å². The third-order valence-electron chi connectivity index (χ3n) is 2.95. The van der Waals surface area contributed by atoms with Crippen LogP contribution in [0.25, 0.3) is 0 Å². The normalized spacial score (nSPS) is 12.0. The van der Waals surface area contributed by atoms with Gasteiger partial charge in [-0.25, -0.2) is 0 Å². The molecule has 20 heavy (non-hydrogen) atoms. The minimum absolute atomic E-state index is 0.294. The highest BCUT2D eigenvalue weighted by Gasteiger charge is 2.16. The van der Waals surface area contributed by atoms with E-state index in [9.17, 15) is 0 Å². The second-order valence-corrected chi connectivity index (χ2v) is 5.12. The predicted molar refractivity (Wildman–Crippen MR) is 83.3 cm³/mol. The zero-order chi connectivity index (χ0) is 14.5. The van der Waals surface area contributed by atoms with Crippen LogP contribution < -0.4 is 9.47 Å². The van der Waals surface area contributed by atoms with Crippen LogP contribution in [-0.4, -0.2) is 13.7 Å². The van der Waals surface area contributed by atoms with Crippen molar-refractivity contribution >= 4 is 23.2 Å². The fourth-order valence-corrected chi connectivity index (χ4v) is 2.46. The maximum atomic E-state index is 6.53. The van der Waals surface area contributed by atoms with E-state index in [0.29, 0.717) is 17.4 Å². The molecule has 0 saturated heterocycles. The molecule has 0 aliphatic carbocycles. The van der Waals surface area contributed by atoms with E-state index < -0.39 is 0 Å². The van der Waals surface area contributed by atoms with Gasteiger partial charge in [-0.05, 0) is 36.8 Å². The van der Waals surface area contributed by atoms with Gasteiger partial charge in [0.2, 0.25) is 0 Å². The van der Waals surface area contributed by atoms with Gasteiger partial charge in [0, 0.05) is 10.6 Å². The van der Waals surface area contributed by atoms with E-state index in [4.69, 9.17) is 32.7 Å². The highest BCUT2D eigenvalue weighted by atomic mass is 35.5. The van der Waals surface area contributed by atoms with Crippen molar-refractivity contribution in [2.24, 2.45) is 0 Å². The van der Waals surface area contributed by atoms with Crippen LogP contribution in [0.3, 0.4) is 0 Å². The van der Waals surface area contributed by atoms with Gasteiger partial charge in [-0.15, -0.1) is 11.6 Å². The Morgan fingerprint density at radius 3 is 2.40 bits per heavy atom. The average molecular weight is 311 g/mol. The SMILES string of the molecule is CCOc1ccc(C(Cl)c2ccc(Cl)cc2OC)cc1. The summed E-state index contributed by atoms with van der Waals surface area (Å²) in [7, 11) is 1.61. The Balaban J connectivity index is 2.28.